The molecule has 0 aliphatic rings. The van der Waals surface area contributed by atoms with E-state index in [2.05, 4.69) is 10.6 Å². The molecule has 192 valence electrons. The third-order valence-corrected chi connectivity index (χ3v) is 5.33. The monoisotopic (exact) mass is 503 g/mol. The van der Waals surface area contributed by atoms with Crippen molar-refractivity contribution in [2.75, 3.05) is 6.61 Å². The number of hydrogen-bond donors (Lipinski definition) is 4. The first-order chi connectivity index (χ1) is 17.6. The smallest absolute Gasteiger partial charge is 0.475 e. The van der Waals surface area contributed by atoms with Gasteiger partial charge in [0.1, 0.15) is 23.0 Å². The summed E-state index contributed by atoms with van der Waals surface area (Å²) >= 11 is 0. The number of nitriles is 1. The van der Waals surface area contributed by atoms with Crippen molar-refractivity contribution in [3.63, 3.8) is 0 Å². The van der Waals surface area contributed by atoms with E-state index in [1.54, 1.807) is 30.5 Å². The summed E-state index contributed by atoms with van der Waals surface area (Å²) in [5.74, 6) is -1.35. The third-order valence-electron chi connectivity index (χ3n) is 5.33. The summed E-state index contributed by atoms with van der Waals surface area (Å²) in [5, 5.41) is 35.2. The number of nitrogens with zero attached hydrogens (tertiary/aromatic N) is 1. The van der Waals surface area contributed by atoms with Gasteiger partial charge < -0.3 is 29.8 Å². The molecule has 0 aliphatic carbocycles. The van der Waals surface area contributed by atoms with Gasteiger partial charge in [-0.05, 0) is 62.6 Å². The predicted molar refractivity (Wildman–Crippen MR) is 140 cm³/mol. The van der Waals surface area contributed by atoms with Gasteiger partial charge >= 0.3 is 7.12 Å². The van der Waals surface area contributed by atoms with Crippen LogP contribution in [0.15, 0.2) is 64.8 Å². The Morgan fingerprint density at radius 3 is 2.65 bits per heavy atom. The molecule has 10 heteroatoms. The molecule has 0 bridgehead atoms. The number of amides is 2. The number of benzene rings is 2. The minimum absolute atomic E-state index is 0.0210. The normalized spacial score (nSPS) is 12.5. The molecule has 37 heavy (non-hydrogen) atoms. The molecule has 1 atom stereocenters. The Morgan fingerprint density at radius 2 is 1.95 bits per heavy atom. The second kappa shape index (κ2) is 12.3. The lowest BCUT2D eigenvalue weighted by molar-refractivity contribution is -0.122. The number of furan rings is 1. The first-order valence-corrected chi connectivity index (χ1v) is 11.8. The Bertz CT molecular complexity index is 1320. The van der Waals surface area contributed by atoms with Crippen LogP contribution in [0.2, 0.25) is 0 Å². The van der Waals surface area contributed by atoms with Crippen LogP contribution < -0.4 is 15.4 Å². The largest absolute Gasteiger partial charge is 0.493 e. The third kappa shape index (κ3) is 8.24. The van der Waals surface area contributed by atoms with E-state index in [1.165, 1.54) is 6.08 Å². The van der Waals surface area contributed by atoms with Gasteiger partial charge in [0.15, 0.2) is 0 Å². The van der Waals surface area contributed by atoms with Gasteiger partial charge in [-0.15, -0.1) is 0 Å². The maximum absolute atomic E-state index is 12.5. The van der Waals surface area contributed by atoms with E-state index >= 15 is 0 Å². The molecule has 0 radical (unpaired) electrons. The predicted octanol–water partition coefficient (Wildman–Crippen LogP) is 2.76. The number of para-hydroxylation sites is 1. The standard InChI is InChI=1S/C27H30BN3O6/c1-27(2,3)31-26(33)19(16-29)13-18-7-6-8-21(14-18)36-12-11-25(32)30-24(28(34)35)15-20-17-37-23-10-5-4-9-22(20)23/h4-10,13-14,17,24,34-35H,11-12,15H2,1-3H3,(H,30,32)(H,31,33)/t24-/m0/s1. The molecular formula is C27H30BN3O6. The van der Waals surface area contributed by atoms with Crippen molar-refractivity contribution in [3.8, 4) is 11.8 Å². The van der Waals surface area contributed by atoms with E-state index in [4.69, 9.17) is 9.15 Å². The zero-order valence-corrected chi connectivity index (χ0v) is 21.0. The number of rotatable bonds is 10. The fourth-order valence-electron chi connectivity index (χ4n) is 3.62. The number of hydrogen-bond acceptors (Lipinski definition) is 7. The van der Waals surface area contributed by atoms with Crippen molar-refractivity contribution in [2.45, 2.75) is 45.1 Å². The Morgan fingerprint density at radius 1 is 1.19 bits per heavy atom. The number of nitrogens with one attached hydrogen (secondary N) is 2. The SMILES string of the molecule is CC(C)(C)NC(=O)C(C#N)=Cc1cccc(OCCC(=O)N[C@@H](Cc2coc3ccccc23)B(O)O)c1. The average Bonchev–Trinajstić information content (AvgIpc) is 3.24. The lowest BCUT2D eigenvalue weighted by Crippen LogP contribution is -2.48. The summed E-state index contributed by atoms with van der Waals surface area (Å²) in [5.41, 5.74) is 1.51. The second-order valence-corrected chi connectivity index (χ2v) is 9.59. The van der Waals surface area contributed by atoms with Crippen LogP contribution in [0.4, 0.5) is 0 Å². The van der Waals surface area contributed by atoms with Crippen molar-refractivity contribution >= 4 is 36.0 Å². The summed E-state index contributed by atoms with van der Waals surface area (Å²) in [4.78, 5) is 24.8. The fourth-order valence-corrected chi connectivity index (χ4v) is 3.62. The Hall–Kier alpha value is -4.07. The van der Waals surface area contributed by atoms with Crippen molar-refractivity contribution < 1.29 is 28.8 Å². The number of carbonyl (C=O) groups is 2. The van der Waals surface area contributed by atoms with Crippen LogP contribution in [0.1, 0.15) is 38.3 Å². The maximum atomic E-state index is 12.5. The van der Waals surface area contributed by atoms with Gasteiger partial charge in [-0.1, -0.05) is 30.3 Å². The Balaban J connectivity index is 1.56. The zero-order chi connectivity index (χ0) is 27.0. The van der Waals surface area contributed by atoms with Crippen molar-refractivity contribution in [1.82, 2.24) is 10.6 Å². The van der Waals surface area contributed by atoms with Crippen LogP contribution in [0.5, 0.6) is 5.75 Å². The lowest BCUT2D eigenvalue weighted by atomic mass is 9.76. The first kappa shape index (κ1) is 27.5. The Kier molecular flexibility index (Phi) is 9.12. The molecule has 4 N–H and O–H groups in total. The van der Waals surface area contributed by atoms with Crippen molar-refractivity contribution in [3.05, 3.63) is 71.5 Å². The van der Waals surface area contributed by atoms with E-state index < -0.39 is 30.4 Å². The Labute approximate surface area is 215 Å². The van der Waals surface area contributed by atoms with Gasteiger partial charge in [-0.25, -0.2) is 0 Å². The van der Waals surface area contributed by atoms with E-state index in [0.717, 1.165) is 10.9 Å². The van der Waals surface area contributed by atoms with E-state index in [1.807, 2.05) is 51.1 Å². The molecular weight excluding hydrogens is 473 g/mol. The summed E-state index contributed by atoms with van der Waals surface area (Å²) in [7, 11) is -1.76. The molecule has 3 rings (SSSR count). The molecule has 0 unspecified atom stereocenters. The van der Waals surface area contributed by atoms with Gasteiger partial charge in [0.2, 0.25) is 5.91 Å². The highest BCUT2D eigenvalue weighted by Gasteiger charge is 2.27. The maximum Gasteiger partial charge on any atom is 0.475 e. The van der Waals surface area contributed by atoms with Gasteiger partial charge in [0, 0.05) is 10.9 Å². The summed E-state index contributed by atoms with van der Waals surface area (Å²) in [6.07, 6.45) is 3.17. The molecule has 2 amide bonds. The zero-order valence-electron chi connectivity index (χ0n) is 21.0. The van der Waals surface area contributed by atoms with Gasteiger partial charge in [0.05, 0.1) is 25.2 Å². The van der Waals surface area contributed by atoms with Crippen molar-refractivity contribution in [1.29, 1.82) is 5.26 Å². The van der Waals surface area contributed by atoms with Gasteiger partial charge in [-0.3, -0.25) is 9.59 Å². The van der Waals surface area contributed by atoms with Crippen LogP contribution in [0, 0.1) is 11.3 Å². The number of carbonyl (C=O) groups excluding carboxylic acids is 2. The topological polar surface area (TPSA) is 145 Å². The van der Waals surface area contributed by atoms with E-state index in [-0.39, 0.29) is 25.0 Å². The highest BCUT2D eigenvalue weighted by molar-refractivity contribution is 6.43. The molecule has 0 saturated carbocycles. The lowest BCUT2D eigenvalue weighted by Gasteiger charge is -2.20. The van der Waals surface area contributed by atoms with Gasteiger partial charge in [0.25, 0.3) is 5.91 Å². The number of ether oxygens (including phenoxy) is 1. The van der Waals surface area contributed by atoms with Crippen molar-refractivity contribution in [2.24, 2.45) is 0 Å². The molecule has 9 nitrogen and oxygen atoms in total. The molecule has 1 aromatic heterocycles. The van der Waals surface area contributed by atoms with E-state index in [9.17, 15) is 24.9 Å². The summed E-state index contributed by atoms with van der Waals surface area (Å²) < 4.78 is 11.1. The molecule has 0 saturated heterocycles. The summed E-state index contributed by atoms with van der Waals surface area (Å²) in [6, 6.07) is 16.1. The highest BCUT2D eigenvalue weighted by atomic mass is 16.5. The van der Waals surface area contributed by atoms with Crippen LogP contribution in [0.25, 0.3) is 17.0 Å². The first-order valence-electron chi connectivity index (χ1n) is 11.8. The van der Waals surface area contributed by atoms with Crippen LogP contribution in [-0.4, -0.2) is 47.1 Å². The fraction of sp³-hybridized carbons (Fsp3) is 0.296. The van der Waals surface area contributed by atoms with Crippen LogP contribution in [0.3, 0.4) is 0 Å². The van der Waals surface area contributed by atoms with Crippen LogP contribution >= 0.6 is 0 Å². The summed E-state index contributed by atoms with van der Waals surface area (Å²) in [6.45, 7) is 5.52. The molecule has 3 aromatic rings. The average molecular weight is 503 g/mol. The highest BCUT2D eigenvalue weighted by Crippen LogP contribution is 2.22. The number of fused-ring (bicyclic) bond motifs is 1. The van der Waals surface area contributed by atoms with E-state index in [0.29, 0.717) is 16.9 Å². The molecule has 0 aliphatic heterocycles. The minimum Gasteiger partial charge on any atom is -0.493 e. The molecule has 2 aromatic carbocycles. The van der Waals surface area contributed by atoms with Gasteiger partial charge in [-0.2, -0.15) is 5.26 Å². The molecule has 0 spiro atoms. The quantitative estimate of drug-likeness (QED) is 0.189. The molecule has 1 heterocycles. The second-order valence-electron chi connectivity index (χ2n) is 9.59. The van der Waals surface area contributed by atoms with Crippen LogP contribution in [-0.2, 0) is 16.0 Å². The minimum atomic E-state index is -1.76. The molecule has 0 fully saturated rings.